The van der Waals surface area contributed by atoms with Gasteiger partial charge in [0.2, 0.25) is 0 Å². The van der Waals surface area contributed by atoms with Crippen LogP contribution in [0.3, 0.4) is 0 Å². The van der Waals surface area contributed by atoms with E-state index in [4.69, 9.17) is 17.3 Å². The van der Waals surface area contributed by atoms with Gasteiger partial charge in [-0.15, -0.1) is 10.2 Å². The van der Waals surface area contributed by atoms with Gasteiger partial charge < -0.3 is 11.1 Å². The van der Waals surface area contributed by atoms with E-state index in [9.17, 15) is 0 Å². The molecule has 3 heterocycles. The number of nitrogens with two attached hydrogens (primary N) is 1. The second-order valence-electron chi connectivity index (χ2n) is 4.27. The predicted octanol–water partition coefficient (Wildman–Crippen LogP) is 1.93. The summed E-state index contributed by atoms with van der Waals surface area (Å²) in [4.78, 5) is 7.90. The topological polar surface area (TPSA) is 94.0 Å². The average Bonchev–Trinajstić information content (AvgIpc) is 2.88. The van der Waals surface area contributed by atoms with E-state index in [-0.39, 0.29) is 11.9 Å². The molecule has 3 N–H and O–H groups in total. The second kappa shape index (κ2) is 4.93. The lowest BCUT2D eigenvalue weighted by atomic mass is 10.3. The summed E-state index contributed by atoms with van der Waals surface area (Å²) < 4.78 is 1.90. The van der Waals surface area contributed by atoms with Crippen LogP contribution in [0.4, 0.5) is 11.6 Å². The van der Waals surface area contributed by atoms with E-state index in [1.807, 2.05) is 35.7 Å². The lowest BCUT2D eigenvalue weighted by Crippen LogP contribution is -2.12. The molecule has 0 aliphatic rings. The lowest BCUT2D eigenvalue weighted by molar-refractivity contribution is 0.768. The normalized spacial score (nSPS) is 12.5. The van der Waals surface area contributed by atoms with Gasteiger partial charge in [0.1, 0.15) is 17.2 Å². The first-order valence-electron chi connectivity index (χ1n) is 5.99. The van der Waals surface area contributed by atoms with Crippen LogP contribution in [0.25, 0.3) is 5.65 Å². The van der Waals surface area contributed by atoms with Gasteiger partial charge in [0.25, 0.3) is 0 Å². The van der Waals surface area contributed by atoms with Crippen molar-refractivity contribution in [1.29, 1.82) is 0 Å². The number of fused-ring (bicyclic) bond motifs is 1. The molecule has 0 fully saturated rings. The molecule has 1 atom stereocenters. The number of nitrogen functional groups attached to an aromatic ring is 1. The summed E-state index contributed by atoms with van der Waals surface area (Å²) in [7, 11) is 0. The van der Waals surface area contributed by atoms with Crippen molar-refractivity contribution < 1.29 is 0 Å². The molecule has 0 unspecified atom stereocenters. The van der Waals surface area contributed by atoms with Gasteiger partial charge in [0, 0.05) is 6.20 Å². The molecule has 0 saturated heterocycles. The molecule has 0 amide bonds. The van der Waals surface area contributed by atoms with Crippen LogP contribution in [0.15, 0.2) is 30.7 Å². The molecular weight excluding hydrogens is 278 g/mol. The van der Waals surface area contributed by atoms with Crippen LogP contribution in [0.5, 0.6) is 0 Å². The van der Waals surface area contributed by atoms with Crippen molar-refractivity contribution in [3.63, 3.8) is 0 Å². The summed E-state index contributed by atoms with van der Waals surface area (Å²) >= 11 is 6.06. The van der Waals surface area contributed by atoms with Crippen molar-refractivity contribution in [2.45, 2.75) is 13.0 Å². The maximum Gasteiger partial charge on any atom is 0.160 e. The number of pyridine rings is 1. The highest BCUT2D eigenvalue weighted by molar-refractivity contribution is 6.35. The van der Waals surface area contributed by atoms with Gasteiger partial charge in [0.05, 0.1) is 6.04 Å². The summed E-state index contributed by atoms with van der Waals surface area (Å²) in [6, 6.07) is 5.58. The number of nitrogens with zero attached hydrogens (tertiary/aromatic N) is 5. The highest BCUT2D eigenvalue weighted by atomic mass is 35.5. The maximum atomic E-state index is 6.06. The fraction of sp³-hybridized carbons (Fsp3) is 0.167. The Bertz CT molecular complexity index is 754. The van der Waals surface area contributed by atoms with Crippen molar-refractivity contribution >= 4 is 28.9 Å². The number of anilines is 2. The molecule has 3 aromatic heterocycles. The van der Waals surface area contributed by atoms with Gasteiger partial charge in [-0.25, -0.2) is 9.97 Å². The van der Waals surface area contributed by atoms with Crippen molar-refractivity contribution in [3.05, 3.63) is 41.6 Å². The highest BCUT2D eigenvalue weighted by Gasteiger charge is 2.15. The number of hydrogen-bond donors (Lipinski definition) is 2. The van der Waals surface area contributed by atoms with Crippen LogP contribution in [-0.4, -0.2) is 24.6 Å². The third-order valence-corrected chi connectivity index (χ3v) is 3.27. The first kappa shape index (κ1) is 12.6. The third-order valence-electron chi connectivity index (χ3n) is 2.90. The molecule has 102 valence electrons. The summed E-state index contributed by atoms with van der Waals surface area (Å²) in [5, 5.41) is 11.7. The summed E-state index contributed by atoms with van der Waals surface area (Å²) in [6.07, 6.45) is 3.26. The molecule has 0 aromatic carbocycles. The molecule has 3 rings (SSSR count). The van der Waals surface area contributed by atoms with Crippen LogP contribution in [0.2, 0.25) is 5.02 Å². The molecule has 0 radical (unpaired) electrons. The van der Waals surface area contributed by atoms with Gasteiger partial charge >= 0.3 is 0 Å². The van der Waals surface area contributed by atoms with E-state index in [1.165, 1.54) is 6.33 Å². The minimum absolute atomic E-state index is 0.140. The molecule has 0 aliphatic heterocycles. The average molecular weight is 290 g/mol. The molecule has 0 aliphatic carbocycles. The number of hydrogen-bond acceptors (Lipinski definition) is 6. The SMILES string of the molecule is C[C@@H](Nc1ncnc(N)c1Cl)c1nnc2ccccn12. The van der Waals surface area contributed by atoms with E-state index in [0.29, 0.717) is 10.8 Å². The molecule has 0 bridgehead atoms. The Balaban J connectivity index is 1.93. The summed E-state index contributed by atoms with van der Waals surface area (Å²) in [6.45, 7) is 1.94. The van der Waals surface area contributed by atoms with Crippen molar-refractivity contribution in [2.24, 2.45) is 0 Å². The van der Waals surface area contributed by atoms with E-state index >= 15 is 0 Å². The first-order valence-corrected chi connectivity index (χ1v) is 6.37. The van der Waals surface area contributed by atoms with Gasteiger partial charge in [-0.05, 0) is 19.1 Å². The smallest absolute Gasteiger partial charge is 0.160 e. The highest BCUT2D eigenvalue weighted by Crippen LogP contribution is 2.26. The zero-order valence-electron chi connectivity index (χ0n) is 10.7. The van der Waals surface area contributed by atoms with Crippen molar-refractivity contribution in [3.8, 4) is 0 Å². The molecule has 0 spiro atoms. The number of nitrogens with one attached hydrogen (secondary N) is 1. The van der Waals surface area contributed by atoms with Crippen molar-refractivity contribution in [1.82, 2.24) is 24.6 Å². The molecule has 3 aromatic rings. The Morgan fingerprint density at radius 2 is 2.15 bits per heavy atom. The molecular formula is C12H12ClN7. The monoisotopic (exact) mass is 289 g/mol. The number of rotatable bonds is 3. The largest absolute Gasteiger partial charge is 0.382 e. The molecule has 0 saturated carbocycles. The quantitative estimate of drug-likeness (QED) is 0.765. The Labute approximate surface area is 119 Å². The minimum atomic E-state index is -0.140. The molecule has 20 heavy (non-hydrogen) atoms. The molecule has 8 heteroatoms. The molecule has 7 nitrogen and oxygen atoms in total. The minimum Gasteiger partial charge on any atom is -0.382 e. The van der Waals surface area contributed by atoms with E-state index < -0.39 is 0 Å². The van der Waals surface area contributed by atoms with Gasteiger partial charge in [-0.1, -0.05) is 17.7 Å². The van der Waals surface area contributed by atoms with Crippen LogP contribution >= 0.6 is 11.6 Å². The third kappa shape index (κ3) is 2.12. The Hall–Kier alpha value is -2.41. The van der Waals surface area contributed by atoms with E-state index in [2.05, 4.69) is 25.5 Å². The van der Waals surface area contributed by atoms with E-state index in [0.717, 1.165) is 11.5 Å². The summed E-state index contributed by atoms with van der Waals surface area (Å²) in [5.74, 6) is 1.47. The summed E-state index contributed by atoms with van der Waals surface area (Å²) in [5.41, 5.74) is 6.43. The lowest BCUT2D eigenvalue weighted by Gasteiger charge is -2.14. The van der Waals surface area contributed by atoms with E-state index in [1.54, 1.807) is 0 Å². The fourth-order valence-corrected chi connectivity index (χ4v) is 2.06. The maximum absolute atomic E-state index is 6.06. The van der Waals surface area contributed by atoms with Gasteiger partial charge in [0.15, 0.2) is 17.3 Å². The Morgan fingerprint density at radius 3 is 3.00 bits per heavy atom. The predicted molar refractivity (Wildman–Crippen MR) is 76.5 cm³/mol. The van der Waals surface area contributed by atoms with Crippen LogP contribution in [-0.2, 0) is 0 Å². The zero-order chi connectivity index (χ0) is 14.1. The van der Waals surface area contributed by atoms with Crippen LogP contribution in [0.1, 0.15) is 18.8 Å². The van der Waals surface area contributed by atoms with Gasteiger partial charge in [-0.2, -0.15) is 0 Å². The number of aromatic nitrogens is 5. The first-order chi connectivity index (χ1) is 9.66. The zero-order valence-corrected chi connectivity index (χ0v) is 11.4. The number of halogens is 1. The second-order valence-corrected chi connectivity index (χ2v) is 4.65. The Morgan fingerprint density at radius 1 is 1.30 bits per heavy atom. The standard InChI is InChI=1S/C12H12ClN7/c1-7(17-11-9(13)10(14)15-6-16-11)12-19-18-8-4-2-3-5-20(8)12/h2-7H,1H3,(H3,14,15,16,17)/t7-/m1/s1. The van der Waals surface area contributed by atoms with Gasteiger partial charge in [-0.3, -0.25) is 4.40 Å². The van der Waals surface area contributed by atoms with Crippen LogP contribution < -0.4 is 11.1 Å². The van der Waals surface area contributed by atoms with Crippen molar-refractivity contribution in [2.75, 3.05) is 11.1 Å². The fourth-order valence-electron chi connectivity index (χ4n) is 1.91. The Kier molecular flexibility index (Phi) is 3.11. The van der Waals surface area contributed by atoms with Crippen LogP contribution in [0, 0.1) is 0 Å².